The molecule has 0 bridgehead atoms. The van der Waals surface area contributed by atoms with E-state index >= 15 is 0 Å². The van der Waals surface area contributed by atoms with E-state index in [1.165, 1.54) is 27.5 Å². The summed E-state index contributed by atoms with van der Waals surface area (Å²) >= 11 is 0. The number of benzene rings is 3. The van der Waals surface area contributed by atoms with Crippen LogP contribution in [0.1, 0.15) is 28.2 Å². The fraction of sp³-hybridized carbons (Fsp3) is 0.238. The van der Waals surface area contributed by atoms with Crippen LogP contribution >= 0.6 is 0 Å². The van der Waals surface area contributed by atoms with Gasteiger partial charge in [0.25, 0.3) is 0 Å². The van der Waals surface area contributed by atoms with Gasteiger partial charge in [0.2, 0.25) is 0 Å². The second-order valence-corrected chi connectivity index (χ2v) is 6.55. The Morgan fingerprint density at radius 3 is 2.65 bits per heavy atom. The van der Waals surface area contributed by atoms with Crippen LogP contribution in [0.3, 0.4) is 0 Å². The third kappa shape index (κ3) is 2.65. The lowest BCUT2D eigenvalue weighted by molar-refractivity contribution is 0.278. The average molecular weight is 303 g/mol. The highest BCUT2D eigenvalue weighted by molar-refractivity contribution is 5.83. The maximum Gasteiger partial charge on any atom is 0.0681 e. The van der Waals surface area contributed by atoms with E-state index in [1.54, 1.807) is 0 Å². The summed E-state index contributed by atoms with van der Waals surface area (Å²) in [5.41, 5.74) is 5.10. The van der Waals surface area contributed by atoms with Crippen molar-refractivity contribution in [1.29, 1.82) is 0 Å². The van der Waals surface area contributed by atoms with Gasteiger partial charge in [-0.2, -0.15) is 0 Å². The lowest BCUT2D eigenvalue weighted by Gasteiger charge is -2.33. The molecule has 2 heteroatoms. The van der Waals surface area contributed by atoms with Gasteiger partial charge in [0.15, 0.2) is 0 Å². The largest absolute Gasteiger partial charge is 0.392 e. The molecule has 1 N–H and O–H groups in total. The van der Waals surface area contributed by atoms with Crippen LogP contribution in [0.4, 0.5) is 0 Å². The minimum Gasteiger partial charge on any atom is -0.392 e. The quantitative estimate of drug-likeness (QED) is 0.776. The van der Waals surface area contributed by atoms with Crippen molar-refractivity contribution in [3.05, 3.63) is 82.9 Å². The molecule has 0 amide bonds. The molecule has 1 aliphatic heterocycles. The number of aliphatic hydroxyl groups is 1. The van der Waals surface area contributed by atoms with Crippen molar-refractivity contribution < 1.29 is 5.11 Å². The summed E-state index contributed by atoms with van der Waals surface area (Å²) in [6.45, 7) is 2.09. The molecule has 3 aromatic rings. The Balaban J connectivity index is 1.81. The number of rotatable bonds is 2. The van der Waals surface area contributed by atoms with E-state index in [4.69, 9.17) is 0 Å². The molecule has 0 fully saturated rings. The van der Waals surface area contributed by atoms with Crippen molar-refractivity contribution in [3.63, 3.8) is 0 Å². The monoisotopic (exact) mass is 303 g/mol. The van der Waals surface area contributed by atoms with Crippen molar-refractivity contribution in [2.75, 3.05) is 13.6 Å². The third-order valence-corrected chi connectivity index (χ3v) is 4.88. The molecule has 1 heterocycles. The van der Waals surface area contributed by atoms with Gasteiger partial charge in [0.1, 0.15) is 0 Å². The van der Waals surface area contributed by atoms with Crippen molar-refractivity contribution >= 4 is 10.8 Å². The van der Waals surface area contributed by atoms with E-state index in [-0.39, 0.29) is 6.61 Å². The Morgan fingerprint density at radius 1 is 1.00 bits per heavy atom. The van der Waals surface area contributed by atoms with Crippen LogP contribution in [-0.2, 0) is 13.2 Å². The molecule has 0 spiro atoms. The van der Waals surface area contributed by atoms with Crippen molar-refractivity contribution in [3.8, 4) is 0 Å². The Bertz CT molecular complexity index is 855. The Labute approximate surface area is 137 Å². The maximum absolute atomic E-state index is 9.39. The first-order valence-electron chi connectivity index (χ1n) is 8.14. The van der Waals surface area contributed by atoms with E-state index in [1.807, 2.05) is 0 Å². The van der Waals surface area contributed by atoms with Gasteiger partial charge in [-0.05, 0) is 40.1 Å². The lowest BCUT2D eigenvalue weighted by Crippen LogP contribution is -2.31. The van der Waals surface area contributed by atoms with Crippen LogP contribution in [0.5, 0.6) is 0 Å². The average Bonchev–Trinajstić information content (AvgIpc) is 2.60. The zero-order chi connectivity index (χ0) is 15.8. The molecule has 0 saturated heterocycles. The predicted octanol–water partition coefficient (Wildman–Crippen LogP) is 3.91. The maximum atomic E-state index is 9.39. The Hall–Kier alpha value is -2.16. The number of fused-ring (bicyclic) bond motifs is 2. The summed E-state index contributed by atoms with van der Waals surface area (Å²) < 4.78 is 0. The summed E-state index contributed by atoms with van der Waals surface area (Å²) in [4.78, 5) is 2.36. The van der Waals surface area contributed by atoms with Crippen molar-refractivity contribution in [1.82, 2.24) is 4.90 Å². The minimum atomic E-state index is 0.109. The molecule has 0 aromatic heterocycles. The summed E-state index contributed by atoms with van der Waals surface area (Å²) in [6, 6.07) is 21.7. The second kappa shape index (κ2) is 5.80. The van der Waals surface area contributed by atoms with Gasteiger partial charge in [0.05, 0.1) is 6.61 Å². The molecule has 4 rings (SSSR count). The number of hydrogen-bond donors (Lipinski definition) is 1. The second-order valence-electron chi connectivity index (χ2n) is 6.55. The molecule has 0 saturated carbocycles. The van der Waals surface area contributed by atoms with Crippen LogP contribution in [-0.4, -0.2) is 23.6 Å². The molecule has 116 valence electrons. The SMILES string of the molecule is CN1Cc2cc(CO)ccc2C(c2ccc3ccccc3c2)C1. The molecular weight excluding hydrogens is 282 g/mol. The van der Waals surface area contributed by atoms with Gasteiger partial charge in [-0.25, -0.2) is 0 Å². The lowest BCUT2D eigenvalue weighted by atomic mass is 9.83. The van der Waals surface area contributed by atoms with Gasteiger partial charge >= 0.3 is 0 Å². The zero-order valence-electron chi connectivity index (χ0n) is 13.4. The number of nitrogens with zero attached hydrogens (tertiary/aromatic N) is 1. The van der Waals surface area contributed by atoms with Crippen LogP contribution in [0.25, 0.3) is 10.8 Å². The summed E-state index contributed by atoms with van der Waals surface area (Å²) in [5, 5.41) is 12.0. The fourth-order valence-electron chi connectivity index (χ4n) is 3.71. The predicted molar refractivity (Wildman–Crippen MR) is 94.5 cm³/mol. The molecule has 23 heavy (non-hydrogen) atoms. The first kappa shape index (κ1) is 14.4. The summed E-state index contributed by atoms with van der Waals surface area (Å²) in [5.74, 6) is 0.390. The van der Waals surface area contributed by atoms with Gasteiger partial charge in [-0.1, -0.05) is 60.7 Å². The van der Waals surface area contributed by atoms with E-state index in [0.717, 1.165) is 18.7 Å². The van der Waals surface area contributed by atoms with Crippen LogP contribution < -0.4 is 0 Å². The Kier molecular flexibility index (Phi) is 3.64. The smallest absolute Gasteiger partial charge is 0.0681 e. The molecule has 3 aromatic carbocycles. The molecule has 1 unspecified atom stereocenters. The molecular formula is C21H21NO. The van der Waals surface area contributed by atoms with E-state index in [2.05, 4.69) is 72.6 Å². The highest BCUT2D eigenvalue weighted by atomic mass is 16.3. The van der Waals surface area contributed by atoms with E-state index in [9.17, 15) is 5.11 Å². The van der Waals surface area contributed by atoms with Gasteiger partial charge in [0, 0.05) is 19.0 Å². The van der Waals surface area contributed by atoms with E-state index in [0.29, 0.717) is 5.92 Å². The molecule has 2 nitrogen and oxygen atoms in total. The van der Waals surface area contributed by atoms with Crippen LogP contribution in [0.2, 0.25) is 0 Å². The fourth-order valence-corrected chi connectivity index (χ4v) is 3.71. The van der Waals surface area contributed by atoms with Crippen LogP contribution in [0.15, 0.2) is 60.7 Å². The number of aliphatic hydroxyl groups excluding tert-OH is 1. The highest BCUT2D eigenvalue weighted by Gasteiger charge is 2.25. The van der Waals surface area contributed by atoms with Crippen LogP contribution in [0, 0.1) is 0 Å². The van der Waals surface area contributed by atoms with Gasteiger partial charge in [-0.15, -0.1) is 0 Å². The number of hydrogen-bond acceptors (Lipinski definition) is 2. The van der Waals surface area contributed by atoms with Crippen molar-refractivity contribution in [2.24, 2.45) is 0 Å². The topological polar surface area (TPSA) is 23.5 Å². The molecule has 1 aliphatic rings. The van der Waals surface area contributed by atoms with Crippen molar-refractivity contribution in [2.45, 2.75) is 19.1 Å². The summed E-state index contributed by atoms with van der Waals surface area (Å²) in [7, 11) is 2.17. The van der Waals surface area contributed by atoms with Gasteiger partial charge < -0.3 is 10.0 Å². The Morgan fingerprint density at radius 2 is 1.83 bits per heavy atom. The summed E-state index contributed by atoms with van der Waals surface area (Å²) in [6.07, 6.45) is 0. The molecule has 1 atom stereocenters. The number of likely N-dealkylation sites (N-methyl/N-ethyl adjacent to an activating group) is 1. The van der Waals surface area contributed by atoms with E-state index < -0.39 is 0 Å². The highest BCUT2D eigenvalue weighted by Crippen LogP contribution is 2.34. The first-order chi connectivity index (χ1) is 11.2. The molecule has 0 aliphatic carbocycles. The standard InChI is InChI=1S/C21H21NO/c1-22-12-19-10-15(14-23)6-9-20(19)21(13-22)18-8-7-16-4-2-3-5-17(16)11-18/h2-11,21,23H,12-14H2,1H3. The zero-order valence-corrected chi connectivity index (χ0v) is 13.4. The normalized spacial score (nSPS) is 18.1. The first-order valence-corrected chi connectivity index (χ1v) is 8.14. The third-order valence-electron chi connectivity index (χ3n) is 4.88. The minimum absolute atomic E-state index is 0.109. The molecule has 0 radical (unpaired) electrons. The van der Waals surface area contributed by atoms with Gasteiger partial charge in [-0.3, -0.25) is 0 Å².